The van der Waals surface area contributed by atoms with Crippen molar-refractivity contribution in [2.45, 2.75) is 26.4 Å². The lowest BCUT2D eigenvalue weighted by molar-refractivity contribution is 0.206. The number of benzene rings is 2. The van der Waals surface area contributed by atoms with Crippen molar-refractivity contribution in [3.05, 3.63) is 60.4 Å². The van der Waals surface area contributed by atoms with E-state index in [-0.39, 0.29) is 11.7 Å². The summed E-state index contributed by atoms with van der Waals surface area (Å²) in [5.74, 6) is 1.40. The van der Waals surface area contributed by atoms with Crippen LogP contribution in [0, 0.1) is 3.57 Å². The summed E-state index contributed by atoms with van der Waals surface area (Å²) in [6.45, 7) is 4.11. The molecule has 0 N–H and O–H groups in total. The summed E-state index contributed by atoms with van der Waals surface area (Å²) in [5.41, 5.74) is 2.51. The van der Waals surface area contributed by atoms with E-state index in [4.69, 9.17) is 9.47 Å². The van der Waals surface area contributed by atoms with Crippen molar-refractivity contribution in [1.82, 2.24) is 9.38 Å². The smallest absolute Gasteiger partial charge is 0.274 e. The van der Waals surface area contributed by atoms with Gasteiger partial charge in [-0.15, -0.1) is 0 Å². The first kappa shape index (κ1) is 19.2. The molecule has 2 aromatic carbocycles. The van der Waals surface area contributed by atoms with Crippen LogP contribution in [0.15, 0.2) is 41.2 Å². The number of para-hydroxylation sites is 2. The number of methoxy groups -OCH3 is 1. The summed E-state index contributed by atoms with van der Waals surface area (Å²) >= 11 is 3.63. The minimum Gasteiger partial charge on any atom is -0.493 e. The third-order valence-electron chi connectivity index (χ3n) is 4.59. The van der Waals surface area contributed by atoms with Gasteiger partial charge in [-0.1, -0.05) is 30.4 Å². The van der Waals surface area contributed by atoms with E-state index in [0.29, 0.717) is 15.2 Å². The van der Waals surface area contributed by atoms with Gasteiger partial charge in [0.2, 0.25) is 0 Å². The van der Waals surface area contributed by atoms with Gasteiger partial charge in [0.05, 0.1) is 32.3 Å². The zero-order valence-corrected chi connectivity index (χ0v) is 18.7. The molecule has 7 heteroatoms. The zero-order chi connectivity index (χ0) is 19.8. The van der Waals surface area contributed by atoms with Crippen molar-refractivity contribution in [2.75, 3.05) is 7.11 Å². The van der Waals surface area contributed by atoms with E-state index in [0.717, 1.165) is 32.3 Å². The van der Waals surface area contributed by atoms with Gasteiger partial charge in [0.15, 0.2) is 16.5 Å². The van der Waals surface area contributed by atoms with Crippen molar-refractivity contribution in [2.24, 2.45) is 0 Å². The number of nitrogens with zero attached hydrogens (tertiary/aromatic N) is 2. The van der Waals surface area contributed by atoms with Crippen LogP contribution in [0.2, 0.25) is 0 Å². The van der Waals surface area contributed by atoms with Gasteiger partial charge in [0, 0.05) is 0 Å². The highest BCUT2D eigenvalue weighted by molar-refractivity contribution is 14.1. The summed E-state index contributed by atoms with van der Waals surface area (Å²) < 4.78 is 14.8. The van der Waals surface area contributed by atoms with Crippen LogP contribution < -0.4 is 19.6 Å². The van der Waals surface area contributed by atoms with Gasteiger partial charge in [-0.05, 0) is 71.8 Å². The minimum absolute atomic E-state index is 0.0531. The molecule has 0 fully saturated rings. The quantitative estimate of drug-likeness (QED) is 0.380. The van der Waals surface area contributed by atoms with Crippen molar-refractivity contribution in [1.29, 1.82) is 0 Å². The number of hydrogen-bond donors (Lipinski definition) is 0. The highest BCUT2D eigenvalue weighted by Crippen LogP contribution is 2.35. The molecule has 2 aromatic heterocycles. The summed E-state index contributed by atoms with van der Waals surface area (Å²) in [4.78, 5) is 18.2. The van der Waals surface area contributed by atoms with Crippen molar-refractivity contribution in [3.8, 4) is 11.5 Å². The molecule has 1 atom stereocenters. The summed E-state index contributed by atoms with van der Waals surface area (Å²) in [6, 6.07) is 11.6. The van der Waals surface area contributed by atoms with Crippen molar-refractivity contribution >= 4 is 56.0 Å². The fraction of sp³-hybridized carbons (Fsp3) is 0.238. The van der Waals surface area contributed by atoms with Crippen LogP contribution in [0.4, 0.5) is 0 Å². The molecular formula is C21H19IN2O3S. The molecule has 5 nitrogen and oxygen atoms in total. The van der Waals surface area contributed by atoms with E-state index >= 15 is 0 Å². The summed E-state index contributed by atoms with van der Waals surface area (Å²) in [6.07, 6.45) is 2.90. The van der Waals surface area contributed by atoms with Crippen LogP contribution in [-0.4, -0.2) is 22.6 Å². The molecule has 4 rings (SSSR count). The minimum atomic E-state index is -0.0531. The monoisotopic (exact) mass is 506 g/mol. The van der Waals surface area contributed by atoms with Crippen molar-refractivity contribution < 1.29 is 9.47 Å². The van der Waals surface area contributed by atoms with Gasteiger partial charge in [-0.3, -0.25) is 4.79 Å². The fourth-order valence-corrected chi connectivity index (χ4v) is 4.72. The van der Waals surface area contributed by atoms with Gasteiger partial charge in [0.1, 0.15) is 0 Å². The third-order valence-corrected chi connectivity index (χ3v) is 6.36. The van der Waals surface area contributed by atoms with E-state index in [2.05, 4.69) is 34.5 Å². The number of ether oxygens (including phenoxy) is 2. The maximum absolute atomic E-state index is 12.9. The topological polar surface area (TPSA) is 52.8 Å². The first-order valence-electron chi connectivity index (χ1n) is 8.97. The zero-order valence-electron chi connectivity index (χ0n) is 15.7. The highest BCUT2D eigenvalue weighted by Gasteiger charge is 2.15. The van der Waals surface area contributed by atoms with Crippen LogP contribution >= 0.6 is 33.9 Å². The predicted octanol–water partition coefficient (Wildman–Crippen LogP) is 4.25. The van der Waals surface area contributed by atoms with Crippen molar-refractivity contribution in [3.63, 3.8) is 0 Å². The molecule has 0 saturated heterocycles. The molecule has 0 bridgehead atoms. The SMILES string of the molecule is CC[C@@H](C)Oc1c(I)cc(/C=c2\sc3nc4ccccc4n3c2=O)cc1OC. The molecule has 0 radical (unpaired) electrons. The van der Waals surface area contributed by atoms with E-state index in [1.165, 1.54) is 11.3 Å². The Morgan fingerprint density at radius 1 is 1.32 bits per heavy atom. The average Bonchev–Trinajstić information content (AvgIpc) is 3.19. The lowest BCUT2D eigenvalue weighted by atomic mass is 10.2. The maximum atomic E-state index is 12.9. The summed E-state index contributed by atoms with van der Waals surface area (Å²) in [7, 11) is 1.63. The molecule has 4 aromatic rings. The number of fused-ring (bicyclic) bond motifs is 3. The molecule has 0 aliphatic heterocycles. The van der Waals surface area contributed by atoms with E-state index in [1.807, 2.05) is 49.4 Å². The second-order valence-corrected chi connectivity index (χ2v) is 8.68. The van der Waals surface area contributed by atoms with E-state index in [9.17, 15) is 4.79 Å². The Balaban J connectivity index is 1.84. The van der Waals surface area contributed by atoms with Crippen LogP contribution in [0.25, 0.3) is 22.1 Å². The summed E-state index contributed by atoms with van der Waals surface area (Å²) in [5, 5.41) is 0. The molecule has 0 spiro atoms. The molecule has 0 unspecified atom stereocenters. The number of rotatable bonds is 5. The number of imidazole rings is 1. The lowest BCUT2D eigenvalue weighted by Crippen LogP contribution is -2.22. The maximum Gasteiger partial charge on any atom is 0.274 e. The second-order valence-electron chi connectivity index (χ2n) is 6.51. The predicted molar refractivity (Wildman–Crippen MR) is 122 cm³/mol. The third kappa shape index (κ3) is 3.37. The van der Waals surface area contributed by atoms with E-state index < -0.39 is 0 Å². The molecule has 0 saturated carbocycles. The molecular weight excluding hydrogens is 487 g/mol. The van der Waals surface area contributed by atoms with Gasteiger partial charge in [0.25, 0.3) is 5.56 Å². The van der Waals surface area contributed by atoms with Gasteiger partial charge in [-0.25, -0.2) is 9.38 Å². The number of hydrogen-bond acceptors (Lipinski definition) is 5. The Morgan fingerprint density at radius 3 is 2.86 bits per heavy atom. The van der Waals surface area contributed by atoms with E-state index in [1.54, 1.807) is 11.5 Å². The standard InChI is InChI=1S/C21H19IN2O3S/c1-4-12(2)27-19-14(22)9-13(10-17(19)26-3)11-18-20(25)24-16-8-6-5-7-15(16)23-21(24)28-18/h5-12H,4H2,1-3H3/b18-11-/t12-/m1/s1. The largest absolute Gasteiger partial charge is 0.493 e. The average molecular weight is 506 g/mol. The van der Waals surface area contributed by atoms with Crippen LogP contribution in [0.5, 0.6) is 11.5 Å². The fourth-order valence-electron chi connectivity index (χ4n) is 2.99. The van der Waals surface area contributed by atoms with Gasteiger partial charge in [-0.2, -0.15) is 0 Å². The second kappa shape index (κ2) is 7.71. The number of halogens is 1. The number of aromatic nitrogens is 2. The number of thiazole rings is 1. The normalized spacial score (nSPS) is 13.4. The Bertz CT molecular complexity index is 1280. The first-order valence-corrected chi connectivity index (χ1v) is 10.9. The Morgan fingerprint density at radius 2 is 2.11 bits per heavy atom. The van der Waals surface area contributed by atoms with Crippen LogP contribution in [-0.2, 0) is 0 Å². The molecule has 0 amide bonds. The Hall–Kier alpha value is -2.13. The van der Waals surface area contributed by atoms with Crippen LogP contribution in [0.3, 0.4) is 0 Å². The lowest BCUT2D eigenvalue weighted by Gasteiger charge is -2.17. The van der Waals surface area contributed by atoms with Gasteiger partial charge >= 0.3 is 0 Å². The molecule has 2 heterocycles. The molecule has 28 heavy (non-hydrogen) atoms. The first-order chi connectivity index (χ1) is 13.5. The van der Waals surface area contributed by atoms with Crippen LogP contribution in [0.1, 0.15) is 25.8 Å². The molecule has 0 aliphatic rings. The highest BCUT2D eigenvalue weighted by atomic mass is 127. The Labute approximate surface area is 179 Å². The van der Waals surface area contributed by atoms with Gasteiger partial charge < -0.3 is 9.47 Å². The Kier molecular flexibility index (Phi) is 5.29. The molecule has 0 aliphatic carbocycles. The molecule has 144 valence electrons.